The van der Waals surface area contributed by atoms with Crippen molar-refractivity contribution in [2.45, 2.75) is 0 Å². The van der Waals surface area contributed by atoms with Gasteiger partial charge in [0.15, 0.2) is 18.6 Å². The largest absolute Gasteiger partial charge is 0.276 e. The second-order valence-electron chi connectivity index (χ2n) is 3.45. The number of hydrogen-bond donors (Lipinski definition) is 0. The summed E-state index contributed by atoms with van der Waals surface area (Å²) in [6.07, 6.45) is 7.23. The van der Waals surface area contributed by atoms with Crippen LogP contribution in [0.2, 0.25) is 0 Å². The molecule has 2 rings (SSSR count). The van der Waals surface area contributed by atoms with E-state index in [2.05, 4.69) is 0 Å². The Bertz CT molecular complexity index is 556. The third kappa shape index (κ3) is 3.63. The lowest BCUT2D eigenvalue weighted by molar-refractivity contribution is -0.567. The van der Waals surface area contributed by atoms with Gasteiger partial charge in [0.25, 0.3) is 5.69 Å². The number of benzene rings is 1. The number of pyridine rings is 1. The minimum Gasteiger partial charge on any atom is -0.258 e. The van der Waals surface area contributed by atoms with Gasteiger partial charge in [-0.15, -0.1) is 24.0 Å². The van der Waals surface area contributed by atoms with Gasteiger partial charge in [0, 0.05) is 24.3 Å². The molecule has 2 aromatic rings. The van der Waals surface area contributed by atoms with E-state index in [9.17, 15) is 10.1 Å². The molecule has 92 valence electrons. The molecule has 1 aromatic heterocycles. The second kappa shape index (κ2) is 6.85. The number of halogens is 1. The topological polar surface area (TPSA) is 47.0 Å². The molecule has 1 aromatic carbocycles. The molecule has 0 unspecified atom stereocenters. The SMILES string of the molecule is I.O=[N+]([O-])c1ccccc1/C=C\[n+]1ccccc1. The number of rotatable bonds is 3. The van der Waals surface area contributed by atoms with Gasteiger partial charge in [0.1, 0.15) is 0 Å². The van der Waals surface area contributed by atoms with Gasteiger partial charge in [0.2, 0.25) is 0 Å². The molecule has 5 heteroatoms. The zero-order chi connectivity index (χ0) is 12.1. The summed E-state index contributed by atoms with van der Waals surface area (Å²) >= 11 is 0. The number of nitro benzene ring substituents is 1. The van der Waals surface area contributed by atoms with Crippen molar-refractivity contribution >= 4 is 41.9 Å². The van der Waals surface area contributed by atoms with Crippen LogP contribution in [-0.2, 0) is 0 Å². The number of hydrogen-bond acceptors (Lipinski definition) is 2. The highest BCUT2D eigenvalue weighted by Crippen LogP contribution is 2.18. The Labute approximate surface area is 122 Å². The fourth-order valence-electron chi connectivity index (χ4n) is 1.47. The summed E-state index contributed by atoms with van der Waals surface area (Å²) in [6.45, 7) is 0. The lowest BCUT2D eigenvalue weighted by Crippen LogP contribution is -2.23. The normalized spacial score (nSPS) is 10.0. The number of aromatic nitrogens is 1. The number of nitrogens with zero attached hydrogens (tertiary/aromatic N) is 2. The fraction of sp³-hybridized carbons (Fsp3) is 0. The first kappa shape index (κ1) is 14.3. The van der Waals surface area contributed by atoms with Crippen molar-refractivity contribution in [2.75, 3.05) is 0 Å². The molecule has 18 heavy (non-hydrogen) atoms. The van der Waals surface area contributed by atoms with Crippen LogP contribution in [-0.4, -0.2) is 4.92 Å². The first-order valence-corrected chi connectivity index (χ1v) is 5.15. The lowest BCUT2D eigenvalue weighted by atomic mass is 10.2. The summed E-state index contributed by atoms with van der Waals surface area (Å²) in [6, 6.07) is 12.4. The molecule has 0 bridgehead atoms. The Hall–Kier alpha value is -1.76. The van der Waals surface area contributed by atoms with E-state index in [1.54, 1.807) is 30.5 Å². The highest BCUT2D eigenvalue weighted by Gasteiger charge is 2.09. The minimum absolute atomic E-state index is 0. The average Bonchev–Trinajstić information content (AvgIpc) is 2.38. The van der Waals surface area contributed by atoms with Crippen molar-refractivity contribution < 1.29 is 9.49 Å². The van der Waals surface area contributed by atoms with E-state index >= 15 is 0 Å². The Morgan fingerprint density at radius 1 is 1.06 bits per heavy atom. The lowest BCUT2D eigenvalue weighted by Gasteiger charge is -1.94. The van der Waals surface area contributed by atoms with E-state index in [1.165, 1.54) is 6.07 Å². The molecule has 0 amide bonds. The summed E-state index contributed by atoms with van der Waals surface area (Å²) in [5, 5.41) is 10.8. The van der Waals surface area contributed by atoms with Gasteiger partial charge in [-0.05, 0) is 6.07 Å². The summed E-state index contributed by atoms with van der Waals surface area (Å²) in [5.41, 5.74) is 0.703. The van der Waals surface area contributed by atoms with Gasteiger partial charge in [-0.1, -0.05) is 18.2 Å². The maximum absolute atomic E-state index is 10.8. The quantitative estimate of drug-likeness (QED) is 0.368. The van der Waals surface area contributed by atoms with Crippen LogP contribution in [0.5, 0.6) is 0 Å². The van der Waals surface area contributed by atoms with E-state index in [0.29, 0.717) is 5.56 Å². The van der Waals surface area contributed by atoms with Crippen LogP contribution in [0.1, 0.15) is 5.56 Å². The molecule has 0 aliphatic heterocycles. The molecule has 0 aliphatic rings. The molecular weight excluding hydrogens is 343 g/mol. The van der Waals surface area contributed by atoms with Crippen molar-refractivity contribution in [3.63, 3.8) is 0 Å². The standard InChI is InChI=1S/C13H11N2O2.HI/c16-15(17)13-7-3-2-6-12(13)8-11-14-9-4-1-5-10-14;/h1-11H;1H/q+1;/b11-8-;. The molecule has 0 saturated heterocycles. The van der Waals surface area contributed by atoms with Crippen LogP contribution in [0.15, 0.2) is 54.9 Å². The molecule has 0 radical (unpaired) electrons. The zero-order valence-electron chi connectivity index (χ0n) is 9.47. The first-order chi connectivity index (χ1) is 8.27. The highest BCUT2D eigenvalue weighted by atomic mass is 127. The van der Waals surface area contributed by atoms with Crippen molar-refractivity contribution in [3.05, 3.63) is 70.5 Å². The van der Waals surface area contributed by atoms with Crippen molar-refractivity contribution in [2.24, 2.45) is 0 Å². The maximum Gasteiger partial charge on any atom is 0.276 e. The zero-order valence-corrected chi connectivity index (χ0v) is 11.8. The van der Waals surface area contributed by atoms with Gasteiger partial charge in [-0.25, -0.2) is 0 Å². The highest BCUT2D eigenvalue weighted by molar-refractivity contribution is 14.0. The van der Waals surface area contributed by atoms with Crippen LogP contribution in [0.4, 0.5) is 5.69 Å². The smallest absolute Gasteiger partial charge is 0.258 e. The molecule has 0 aliphatic carbocycles. The van der Waals surface area contributed by atoms with Crippen LogP contribution in [0, 0.1) is 10.1 Å². The molecular formula is C13H12IN2O2+. The van der Waals surface area contributed by atoms with Crippen LogP contribution in [0.25, 0.3) is 12.3 Å². The van der Waals surface area contributed by atoms with Crippen molar-refractivity contribution in [1.29, 1.82) is 0 Å². The van der Waals surface area contributed by atoms with Crippen LogP contribution >= 0.6 is 24.0 Å². The van der Waals surface area contributed by atoms with Gasteiger partial charge in [-0.3, -0.25) is 10.1 Å². The summed E-state index contributed by atoms with van der Waals surface area (Å²) in [4.78, 5) is 10.4. The van der Waals surface area contributed by atoms with Gasteiger partial charge < -0.3 is 0 Å². The Morgan fingerprint density at radius 2 is 1.72 bits per heavy atom. The second-order valence-corrected chi connectivity index (χ2v) is 3.45. The number of nitro groups is 1. The van der Waals surface area contributed by atoms with E-state index in [-0.39, 0.29) is 34.6 Å². The predicted molar refractivity (Wildman–Crippen MR) is 80.4 cm³/mol. The summed E-state index contributed by atoms with van der Waals surface area (Å²) in [5.74, 6) is 0. The van der Waals surface area contributed by atoms with Crippen LogP contribution in [0.3, 0.4) is 0 Å². The van der Waals surface area contributed by atoms with E-state index in [4.69, 9.17) is 0 Å². The predicted octanol–water partition coefficient (Wildman–Crippen LogP) is 3.13. The Morgan fingerprint density at radius 3 is 2.39 bits per heavy atom. The summed E-state index contributed by atoms with van der Waals surface area (Å²) in [7, 11) is 0. The molecule has 0 saturated carbocycles. The van der Waals surface area contributed by atoms with Gasteiger partial charge in [-0.2, -0.15) is 4.57 Å². The monoisotopic (exact) mass is 355 g/mol. The van der Waals surface area contributed by atoms with E-state index in [1.807, 2.05) is 35.2 Å². The van der Waals surface area contributed by atoms with Crippen molar-refractivity contribution in [1.82, 2.24) is 0 Å². The molecule has 0 N–H and O–H groups in total. The van der Waals surface area contributed by atoms with E-state index in [0.717, 1.165) is 0 Å². The molecule has 0 fully saturated rings. The molecule has 4 nitrogen and oxygen atoms in total. The van der Waals surface area contributed by atoms with Gasteiger partial charge in [0.05, 0.1) is 10.5 Å². The average molecular weight is 355 g/mol. The van der Waals surface area contributed by atoms with Crippen molar-refractivity contribution in [3.8, 4) is 0 Å². The van der Waals surface area contributed by atoms with Gasteiger partial charge >= 0.3 is 0 Å². The van der Waals surface area contributed by atoms with Crippen LogP contribution < -0.4 is 4.57 Å². The third-order valence-electron chi connectivity index (χ3n) is 2.30. The summed E-state index contributed by atoms with van der Waals surface area (Å²) < 4.78 is 1.83. The number of para-hydroxylation sites is 1. The molecule has 0 spiro atoms. The minimum atomic E-state index is -0.380. The first-order valence-electron chi connectivity index (χ1n) is 5.15. The maximum atomic E-state index is 10.8. The molecule has 0 atom stereocenters. The molecule has 1 heterocycles. The van der Waals surface area contributed by atoms with E-state index < -0.39 is 0 Å². The fourth-order valence-corrected chi connectivity index (χ4v) is 1.47. The Balaban J connectivity index is 0.00000162. The third-order valence-corrected chi connectivity index (χ3v) is 2.30. The Kier molecular flexibility index (Phi) is 5.44.